The molecule has 0 amide bonds. The zero-order valence-electron chi connectivity index (χ0n) is 12.8. The Kier molecular flexibility index (Phi) is 5.17. The first-order valence-corrected chi connectivity index (χ1v) is 7.62. The van der Waals surface area contributed by atoms with Crippen molar-refractivity contribution in [3.8, 4) is 11.5 Å². The average Bonchev–Trinajstić information content (AvgIpc) is 2.46. The maximum Gasteiger partial charge on any atom is 0.179 e. The predicted octanol–water partition coefficient (Wildman–Crippen LogP) is 3.95. The Balaban J connectivity index is 2.55. The van der Waals surface area contributed by atoms with Crippen LogP contribution in [0.25, 0.3) is 0 Å². The molecule has 20 heavy (non-hydrogen) atoms. The SMILES string of the molecule is COc1cc(C2CCCNC2)c(C(C)C)c(Cl)c1OC. The van der Waals surface area contributed by atoms with Gasteiger partial charge in [-0.25, -0.2) is 0 Å². The monoisotopic (exact) mass is 297 g/mol. The molecule has 1 heterocycles. The Hall–Kier alpha value is -0.930. The zero-order valence-corrected chi connectivity index (χ0v) is 13.5. The number of benzene rings is 1. The number of nitrogens with one attached hydrogen (secondary N) is 1. The summed E-state index contributed by atoms with van der Waals surface area (Å²) in [6, 6.07) is 2.11. The average molecular weight is 298 g/mol. The van der Waals surface area contributed by atoms with Crippen LogP contribution in [0.2, 0.25) is 5.02 Å². The van der Waals surface area contributed by atoms with Gasteiger partial charge in [0.2, 0.25) is 0 Å². The van der Waals surface area contributed by atoms with E-state index in [-0.39, 0.29) is 0 Å². The molecule has 2 rings (SSSR count). The van der Waals surface area contributed by atoms with Crippen LogP contribution in [0.4, 0.5) is 0 Å². The molecule has 0 saturated carbocycles. The summed E-state index contributed by atoms with van der Waals surface area (Å²) < 4.78 is 10.9. The molecular formula is C16H24ClNO2. The van der Waals surface area contributed by atoms with E-state index in [4.69, 9.17) is 21.1 Å². The third-order valence-corrected chi connectivity index (χ3v) is 4.37. The van der Waals surface area contributed by atoms with Crippen molar-refractivity contribution in [2.24, 2.45) is 0 Å². The van der Waals surface area contributed by atoms with Crippen molar-refractivity contribution in [3.05, 3.63) is 22.2 Å². The van der Waals surface area contributed by atoms with Crippen molar-refractivity contribution >= 4 is 11.6 Å². The van der Waals surface area contributed by atoms with Gasteiger partial charge >= 0.3 is 0 Å². The highest BCUT2D eigenvalue weighted by Crippen LogP contribution is 2.45. The zero-order chi connectivity index (χ0) is 14.7. The van der Waals surface area contributed by atoms with Gasteiger partial charge in [-0.2, -0.15) is 0 Å². The largest absolute Gasteiger partial charge is 0.493 e. The number of methoxy groups -OCH3 is 2. The number of halogens is 1. The maximum absolute atomic E-state index is 6.59. The molecule has 1 atom stereocenters. The van der Waals surface area contributed by atoms with Crippen LogP contribution in [-0.4, -0.2) is 27.3 Å². The van der Waals surface area contributed by atoms with Crippen LogP contribution in [-0.2, 0) is 0 Å². The van der Waals surface area contributed by atoms with Gasteiger partial charge in [0.1, 0.15) is 0 Å². The number of piperidine rings is 1. The van der Waals surface area contributed by atoms with E-state index in [0.29, 0.717) is 22.6 Å². The lowest BCUT2D eigenvalue weighted by Crippen LogP contribution is -2.29. The van der Waals surface area contributed by atoms with E-state index in [1.54, 1.807) is 14.2 Å². The second kappa shape index (κ2) is 6.68. The fourth-order valence-electron chi connectivity index (χ4n) is 3.03. The summed E-state index contributed by atoms with van der Waals surface area (Å²) in [4.78, 5) is 0. The first kappa shape index (κ1) is 15.5. The molecule has 1 fully saturated rings. The molecule has 0 aliphatic carbocycles. The van der Waals surface area contributed by atoms with Gasteiger partial charge in [0.05, 0.1) is 19.2 Å². The van der Waals surface area contributed by atoms with Crippen LogP contribution in [0.5, 0.6) is 11.5 Å². The molecule has 1 aliphatic rings. The van der Waals surface area contributed by atoms with Gasteiger partial charge in [-0.05, 0) is 48.4 Å². The van der Waals surface area contributed by atoms with E-state index in [0.717, 1.165) is 18.8 Å². The van der Waals surface area contributed by atoms with Gasteiger partial charge in [-0.3, -0.25) is 0 Å². The predicted molar refractivity (Wildman–Crippen MR) is 83.5 cm³/mol. The van der Waals surface area contributed by atoms with E-state index in [9.17, 15) is 0 Å². The Morgan fingerprint density at radius 3 is 2.55 bits per heavy atom. The number of rotatable bonds is 4. The van der Waals surface area contributed by atoms with Gasteiger partial charge in [-0.1, -0.05) is 25.4 Å². The first-order valence-electron chi connectivity index (χ1n) is 7.25. The molecule has 0 aromatic heterocycles. The molecule has 1 N–H and O–H groups in total. The third kappa shape index (κ3) is 2.89. The molecule has 1 aliphatic heterocycles. The Bertz CT molecular complexity index is 468. The lowest BCUT2D eigenvalue weighted by molar-refractivity contribution is 0.352. The summed E-state index contributed by atoms with van der Waals surface area (Å²) in [6.45, 7) is 6.46. The van der Waals surface area contributed by atoms with Gasteiger partial charge in [0, 0.05) is 6.54 Å². The van der Waals surface area contributed by atoms with E-state index in [1.165, 1.54) is 24.0 Å². The Morgan fingerprint density at radius 2 is 2.05 bits per heavy atom. The standard InChI is InChI=1S/C16H24ClNO2/c1-10(2)14-12(11-6-5-7-18-9-11)8-13(19-3)16(20-4)15(14)17/h8,10-11,18H,5-7,9H2,1-4H3. The second-order valence-corrected chi connectivity index (χ2v) is 6.00. The Morgan fingerprint density at radius 1 is 1.30 bits per heavy atom. The van der Waals surface area contributed by atoms with Gasteiger partial charge in [-0.15, -0.1) is 0 Å². The van der Waals surface area contributed by atoms with E-state index in [2.05, 4.69) is 25.2 Å². The van der Waals surface area contributed by atoms with Crippen LogP contribution in [0.1, 0.15) is 49.7 Å². The van der Waals surface area contributed by atoms with Crippen molar-refractivity contribution in [3.63, 3.8) is 0 Å². The highest BCUT2D eigenvalue weighted by molar-refractivity contribution is 6.33. The van der Waals surface area contributed by atoms with Gasteiger partial charge < -0.3 is 14.8 Å². The van der Waals surface area contributed by atoms with Crippen LogP contribution in [0, 0.1) is 0 Å². The van der Waals surface area contributed by atoms with Crippen molar-refractivity contribution in [2.75, 3.05) is 27.3 Å². The molecular weight excluding hydrogens is 274 g/mol. The summed E-state index contributed by atoms with van der Waals surface area (Å²) >= 11 is 6.59. The lowest BCUT2D eigenvalue weighted by atomic mass is 9.84. The summed E-state index contributed by atoms with van der Waals surface area (Å²) in [5.41, 5.74) is 2.49. The van der Waals surface area contributed by atoms with E-state index < -0.39 is 0 Å². The van der Waals surface area contributed by atoms with Gasteiger partial charge in [0.15, 0.2) is 11.5 Å². The molecule has 4 heteroatoms. The molecule has 0 bridgehead atoms. The number of hydrogen-bond acceptors (Lipinski definition) is 3. The molecule has 112 valence electrons. The highest BCUT2D eigenvalue weighted by atomic mass is 35.5. The first-order chi connectivity index (χ1) is 9.60. The number of hydrogen-bond donors (Lipinski definition) is 1. The third-order valence-electron chi connectivity index (χ3n) is 4.00. The molecule has 0 spiro atoms. The van der Waals surface area contributed by atoms with Crippen molar-refractivity contribution in [1.82, 2.24) is 5.32 Å². The minimum absolute atomic E-state index is 0.360. The van der Waals surface area contributed by atoms with Crippen molar-refractivity contribution in [1.29, 1.82) is 0 Å². The molecule has 0 radical (unpaired) electrons. The minimum Gasteiger partial charge on any atom is -0.493 e. The minimum atomic E-state index is 0.360. The highest BCUT2D eigenvalue weighted by Gasteiger charge is 2.25. The molecule has 3 nitrogen and oxygen atoms in total. The van der Waals surface area contributed by atoms with Crippen LogP contribution in [0.3, 0.4) is 0 Å². The van der Waals surface area contributed by atoms with Crippen molar-refractivity contribution < 1.29 is 9.47 Å². The summed E-state index contributed by atoms with van der Waals surface area (Å²) in [6.07, 6.45) is 2.40. The fourth-order valence-corrected chi connectivity index (χ4v) is 3.52. The summed E-state index contributed by atoms with van der Waals surface area (Å²) in [7, 11) is 3.29. The molecule has 1 aromatic rings. The quantitative estimate of drug-likeness (QED) is 0.913. The van der Waals surface area contributed by atoms with E-state index in [1.807, 2.05) is 0 Å². The molecule has 1 aromatic carbocycles. The fraction of sp³-hybridized carbons (Fsp3) is 0.625. The second-order valence-electron chi connectivity index (χ2n) is 5.63. The maximum atomic E-state index is 6.59. The van der Waals surface area contributed by atoms with Gasteiger partial charge in [0.25, 0.3) is 0 Å². The van der Waals surface area contributed by atoms with Crippen molar-refractivity contribution in [2.45, 2.75) is 38.5 Å². The smallest absolute Gasteiger partial charge is 0.179 e. The van der Waals surface area contributed by atoms with E-state index >= 15 is 0 Å². The Labute approximate surface area is 126 Å². The van der Waals surface area contributed by atoms with Crippen LogP contribution >= 0.6 is 11.6 Å². The summed E-state index contributed by atoms with van der Waals surface area (Å²) in [5, 5.41) is 4.17. The normalized spacial score (nSPS) is 19.2. The molecule has 1 saturated heterocycles. The van der Waals surface area contributed by atoms with Crippen LogP contribution < -0.4 is 14.8 Å². The summed E-state index contributed by atoms with van der Waals surface area (Å²) in [5.74, 6) is 2.23. The van der Waals surface area contributed by atoms with Crippen LogP contribution in [0.15, 0.2) is 6.07 Å². The molecule has 1 unspecified atom stereocenters. The number of ether oxygens (including phenoxy) is 2. The topological polar surface area (TPSA) is 30.5 Å². The lowest BCUT2D eigenvalue weighted by Gasteiger charge is -2.28.